The lowest BCUT2D eigenvalue weighted by molar-refractivity contribution is 0.0576. The Morgan fingerprint density at radius 2 is 2.43 bits per heavy atom. The standard InChI is InChI=1S/C15H18N2O4/c1-19-7-5-17(12-4-6-20-9-12)15(18)11-2-3-13-14(8-11)21-10-16-13/h2-3,8,10,12H,4-7,9H2,1H3. The highest BCUT2D eigenvalue weighted by Gasteiger charge is 2.28. The lowest BCUT2D eigenvalue weighted by Crippen LogP contribution is -2.42. The second-order valence-electron chi connectivity index (χ2n) is 5.04. The van der Waals surface area contributed by atoms with Gasteiger partial charge in [0.25, 0.3) is 5.91 Å². The van der Waals surface area contributed by atoms with Crippen molar-refractivity contribution in [2.24, 2.45) is 0 Å². The predicted molar refractivity (Wildman–Crippen MR) is 76.1 cm³/mol. The zero-order valence-electron chi connectivity index (χ0n) is 11.9. The van der Waals surface area contributed by atoms with Crippen LogP contribution in [0.25, 0.3) is 11.1 Å². The monoisotopic (exact) mass is 290 g/mol. The first-order valence-electron chi connectivity index (χ1n) is 7.00. The second kappa shape index (κ2) is 6.24. The zero-order valence-corrected chi connectivity index (χ0v) is 11.9. The molecule has 0 radical (unpaired) electrons. The third kappa shape index (κ3) is 2.91. The predicted octanol–water partition coefficient (Wildman–Crippen LogP) is 1.71. The molecule has 1 aromatic heterocycles. The lowest BCUT2D eigenvalue weighted by Gasteiger charge is -2.27. The second-order valence-corrected chi connectivity index (χ2v) is 5.04. The molecule has 1 fully saturated rings. The summed E-state index contributed by atoms with van der Waals surface area (Å²) in [5.74, 6) is -0.0270. The van der Waals surface area contributed by atoms with Crippen molar-refractivity contribution in [1.82, 2.24) is 9.88 Å². The third-order valence-electron chi connectivity index (χ3n) is 3.72. The van der Waals surface area contributed by atoms with E-state index in [1.54, 1.807) is 25.3 Å². The van der Waals surface area contributed by atoms with E-state index in [0.29, 0.717) is 37.5 Å². The van der Waals surface area contributed by atoms with Gasteiger partial charge in [0.15, 0.2) is 12.0 Å². The molecule has 21 heavy (non-hydrogen) atoms. The molecule has 1 unspecified atom stereocenters. The van der Waals surface area contributed by atoms with Crippen molar-refractivity contribution in [2.45, 2.75) is 12.5 Å². The number of carbonyl (C=O) groups is 1. The van der Waals surface area contributed by atoms with Crippen molar-refractivity contribution in [1.29, 1.82) is 0 Å². The Hall–Kier alpha value is -1.92. The fraction of sp³-hybridized carbons (Fsp3) is 0.467. The minimum absolute atomic E-state index is 0.0270. The molecular weight excluding hydrogens is 272 g/mol. The summed E-state index contributed by atoms with van der Waals surface area (Å²) in [5.41, 5.74) is 1.97. The van der Waals surface area contributed by atoms with Crippen molar-refractivity contribution >= 4 is 17.0 Å². The SMILES string of the molecule is COCCN(C(=O)c1ccc2ncoc2c1)C1CCOC1. The van der Waals surface area contributed by atoms with E-state index in [2.05, 4.69) is 4.98 Å². The summed E-state index contributed by atoms with van der Waals surface area (Å²) in [6.07, 6.45) is 2.24. The summed E-state index contributed by atoms with van der Waals surface area (Å²) in [6.45, 7) is 2.34. The van der Waals surface area contributed by atoms with E-state index in [-0.39, 0.29) is 11.9 Å². The highest BCUT2D eigenvalue weighted by molar-refractivity contribution is 5.97. The number of rotatable bonds is 5. The molecule has 0 spiro atoms. The molecule has 112 valence electrons. The summed E-state index contributed by atoms with van der Waals surface area (Å²) in [4.78, 5) is 18.6. The number of fused-ring (bicyclic) bond motifs is 1. The largest absolute Gasteiger partial charge is 0.443 e. The molecule has 1 aliphatic heterocycles. The van der Waals surface area contributed by atoms with Crippen LogP contribution < -0.4 is 0 Å². The van der Waals surface area contributed by atoms with Crippen LogP contribution in [0.2, 0.25) is 0 Å². The van der Waals surface area contributed by atoms with Gasteiger partial charge in [-0.05, 0) is 24.6 Å². The fourth-order valence-electron chi connectivity index (χ4n) is 2.56. The molecule has 1 amide bonds. The van der Waals surface area contributed by atoms with Crippen LogP contribution >= 0.6 is 0 Å². The van der Waals surface area contributed by atoms with Crippen LogP contribution in [-0.4, -0.2) is 55.3 Å². The Kier molecular flexibility index (Phi) is 4.17. The summed E-state index contributed by atoms with van der Waals surface area (Å²) in [7, 11) is 1.63. The molecule has 2 heterocycles. The number of aromatic nitrogens is 1. The van der Waals surface area contributed by atoms with Crippen molar-refractivity contribution < 1.29 is 18.7 Å². The van der Waals surface area contributed by atoms with Crippen molar-refractivity contribution in [3.05, 3.63) is 30.2 Å². The van der Waals surface area contributed by atoms with E-state index in [0.717, 1.165) is 11.9 Å². The molecule has 6 heteroatoms. The molecule has 1 saturated heterocycles. The lowest BCUT2D eigenvalue weighted by atomic mass is 10.1. The van der Waals surface area contributed by atoms with Gasteiger partial charge in [-0.3, -0.25) is 4.79 Å². The zero-order chi connectivity index (χ0) is 14.7. The van der Waals surface area contributed by atoms with Gasteiger partial charge in [0.2, 0.25) is 0 Å². The highest BCUT2D eigenvalue weighted by Crippen LogP contribution is 2.19. The Morgan fingerprint density at radius 1 is 1.52 bits per heavy atom. The number of ether oxygens (including phenoxy) is 2. The van der Waals surface area contributed by atoms with E-state index >= 15 is 0 Å². The van der Waals surface area contributed by atoms with E-state index in [1.807, 2.05) is 4.90 Å². The maximum Gasteiger partial charge on any atom is 0.254 e. The molecule has 1 aromatic carbocycles. The van der Waals surface area contributed by atoms with Gasteiger partial charge in [-0.25, -0.2) is 4.98 Å². The Bertz CT molecular complexity index is 619. The van der Waals surface area contributed by atoms with Gasteiger partial charge in [-0.2, -0.15) is 0 Å². The Labute approximate surface area is 122 Å². The molecule has 0 saturated carbocycles. The number of oxazole rings is 1. The normalized spacial score (nSPS) is 18.2. The van der Waals surface area contributed by atoms with Gasteiger partial charge in [0.05, 0.1) is 19.3 Å². The van der Waals surface area contributed by atoms with Gasteiger partial charge in [0.1, 0.15) is 5.52 Å². The van der Waals surface area contributed by atoms with E-state index < -0.39 is 0 Å². The minimum Gasteiger partial charge on any atom is -0.443 e. The molecular formula is C15H18N2O4. The van der Waals surface area contributed by atoms with Crippen LogP contribution in [0.3, 0.4) is 0 Å². The van der Waals surface area contributed by atoms with Crippen LogP contribution in [0.1, 0.15) is 16.8 Å². The fourth-order valence-corrected chi connectivity index (χ4v) is 2.56. The van der Waals surface area contributed by atoms with Gasteiger partial charge in [-0.15, -0.1) is 0 Å². The number of nitrogens with zero attached hydrogens (tertiary/aromatic N) is 2. The molecule has 1 aliphatic rings. The maximum absolute atomic E-state index is 12.8. The average molecular weight is 290 g/mol. The van der Waals surface area contributed by atoms with Crippen molar-refractivity contribution in [3.63, 3.8) is 0 Å². The van der Waals surface area contributed by atoms with Gasteiger partial charge in [-0.1, -0.05) is 0 Å². The van der Waals surface area contributed by atoms with Crippen molar-refractivity contribution in [2.75, 3.05) is 33.5 Å². The summed E-state index contributed by atoms with van der Waals surface area (Å²) < 4.78 is 15.8. The minimum atomic E-state index is -0.0270. The maximum atomic E-state index is 12.8. The van der Waals surface area contributed by atoms with Gasteiger partial charge >= 0.3 is 0 Å². The Balaban J connectivity index is 1.84. The van der Waals surface area contributed by atoms with Gasteiger partial charge in [0, 0.05) is 25.8 Å². The smallest absolute Gasteiger partial charge is 0.254 e. The number of hydrogen-bond acceptors (Lipinski definition) is 5. The highest BCUT2D eigenvalue weighted by atomic mass is 16.5. The van der Waals surface area contributed by atoms with Gasteiger partial charge < -0.3 is 18.8 Å². The van der Waals surface area contributed by atoms with Crippen LogP contribution in [0.15, 0.2) is 29.0 Å². The first kappa shape index (κ1) is 14.0. The molecule has 0 N–H and O–H groups in total. The molecule has 6 nitrogen and oxygen atoms in total. The molecule has 0 aliphatic carbocycles. The summed E-state index contributed by atoms with van der Waals surface area (Å²) in [5, 5.41) is 0. The third-order valence-corrected chi connectivity index (χ3v) is 3.72. The van der Waals surface area contributed by atoms with Crippen LogP contribution in [-0.2, 0) is 9.47 Å². The number of hydrogen-bond donors (Lipinski definition) is 0. The van der Waals surface area contributed by atoms with Crippen LogP contribution in [0.4, 0.5) is 0 Å². The first-order chi connectivity index (χ1) is 10.3. The van der Waals surface area contributed by atoms with E-state index in [4.69, 9.17) is 13.9 Å². The van der Waals surface area contributed by atoms with Crippen LogP contribution in [0, 0.1) is 0 Å². The Morgan fingerprint density at radius 3 is 3.19 bits per heavy atom. The quantitative estimate of drug-likeness (QED) is 0.838. The van der Waals surface area contributed by atoms with E-state index in [9.17, 15) is 4.79 Å². The molecule has 2 aromatic rings. The molecule has 1 atom stereocenters. The summed E-state index contributed by atoms with van der Waals surface area (Å²) >= 11 is 0. The number of methoxy groups -OCH3 is 1. The van der Waals surface area contributed by atoms with E-state index in [1.165, 1.54) is 6.39 Å². The molecule has 0 bridgehead atoms. The molecule has 3 rings (SSSR count). The summed E-state index contributed by atoms with van der Waals surface area (Å²) in [6, 6.07) is 5.42. The first-order valence-corrected chi connectivity index (χ1v) is 7.00. The number of benzene rings is 1. The number of carbonyl (C=O) groups excluding carboxylic acids is 1. The van der Waals surface area contributed by atoms with Crippen molar-refractivity contribution in [3.8, 4) is 0 Å². The van der Waals surface area contributed by atoms with Crippen LogP contribution in [0.5, 0.6) is 0 Å². The topological polar surface area (TPSA) is 64.8 Å². The average Bonchev–Trinajstić information content (AvgIpc) is 3.18. The number of amides is 1.